The second kappa shape index (κ2) is 12.2. The van der Waals surface area contributed by atoms with Crippen LogP contribution in [0.15, 0.2) is 65.6 Å². The molecule has 7 heteroatoms. The van der Waals surface area contributed by atoms with Crippen molar-refractivity contribution < 1.29 is 13.2 Å². The molecule has 0 aromatic heterocycles. The highest BCUT2D eigenvalue weighted by Crippen LogP contribution is 2.27. The molecule has 1 aromatic carbocycles. The van der Waals surface area contributed by atoms with Crippen molar-refractivity contribution >= 4 is 15.9 Å². The lowest BCUT2D eigenvalue weighted by Crippen LogP contribution is -2.49. The van der Waals surface area contributed by atoms with Crippen LogP contribution in [0.25, 0.3) is 0 Å². The second-order valence-electron chi connectivity index (χ2n) is 9.93. The normalized spacial score (nSPS) is 21.3. The SMILES string of the molecule is CN(CC(CCN1CCC(N2CCCCC2=O)CC1)c1ccccc1)S(=O)(=O)C1=CC=CCC=C1. The minimum atomic E-state index is -3.55. The van der Waals surface area contributed by atoms with Crippen molar-refractivity contribution in [3.8, 4) is 0 Å². The minimum absolute atomic E-state index is 0.114. The first-order valence-electron chi connectivity index (χ1n) is 13.0. The molecule has 1 unspecified atom stereocenters. The Balaban J connectivity index is 1.37. The van der Waals surface area contributed by atoms with Crippen molar-refractivity contribution in [3.05, 3.63) is 71.2 Å². The number of likely N-dealkylation sites (N-methyl/N-ethyl adjacent to an activating group) is 1. The third-order valence-electron chi connectivity index (χ3n) is 7.56. The molecule has 35 heavy (non-hydrogen) atoms. The number of carbonyl (C=O) groups excluding carboxylic acids is 1. The van der Waals surface area contributed by atoms with Crippen molar-refractivity contribution in [3.63, 3.8) is 0 Å². The van der Waals surface area contributed by atoms with Crippen LogP contribution in [0.4, 0.5) is 0 Å². The van der Waals surface area contributed by atoms with Gasteiger partial charge in [-0.3, -0.25) is 4.79 Å². The van der Waals surface area contributed by atoms with Gasteiger partial charge in [0.1, 0.15) is 0 Å². The molecule has 0 radical (unpaired) electrons. The summed E-state index contributed by atoms with van der Waals surface area (Å²) in [5, 5.41) is 0. The maximum absolute atomic E-state index is 13.3. The molecule has 2 saturated heterocycles. The van der Waals surface area contributed by atoms with Crippen molar-refractivity contribution in [2.75, 3.05) is 39.8 Å². The molecule has 2 heterocycles. The van der Waals surface area contributed by atoms with E-state index in [1.54, 1.807) is 19.2 Å². The summed E-state index contributed by atoms with van der Waals surface area (Å²) in [6.07, 6.45) is 15.6. The van der Waals surface area contributed by atoms with Crippen LogP contribution in [0.5, 0.6) is 0 Å². The Kier molecular flexibility index (Phi) is 8.98. The van der Waals surface area contributed by atoms with E-state index in [0.29, 0.717) is 29.8 Å². The standard InChI is InChI=1S/C28H39N3O3S/c1-29(35(33,34)27-13-7-2-3-8-14-27)23-25(24-11-5-4-6-12-24)16-20-30-21-17-26(18-22-30)31-19-10-9-15-28(31)32/h2,4-8,11-14,25-26H,3,9-10,15-23H2,1H3. The van der Waals surface area contributed by atoms with Gasteiger partial charge >= 0.3 is 0 Å². The predicted octanol–water partition coefficient (Wildman–Crippen LogP) is 4.30. The van der Waals surface area contributed by atoms with Crippen LogP contribution >= 0.6 is 0 Å². The largest absolute Gasteiger partial charge is 0.340 e. The van der Waals surface area contributed by atoms with Crippen LogP contribution in [0.3, 0.4) is 0 Å². The Morgan fingerprint density at radius 1 is 1.06 bits per heavy atom. The average molecular weight is 498 g/mol. The Morgan fingerprint density at radius 3 is 2.57 bits per heavy atom. The van der Waals surface area contributed by atoms with Gasteiger partial charge in [-0.1, -0.05) is 48.6 Å². The summed E-state index contributed by atoms with van der Waals surface area (Å²) in [6.45, 7) is 4.28. The first-order chi connectivity index (χ1) is 16.9. The number of nitrogens with zero attached hydrogens (tertiary/aromatic N) is 3. The predicted molar refractivity (Wildman–Crippen MR) is 141 cm³/mol. The van der Waals surface area contributed by atoms with E-state index in [-0.39, 0.29) is 5.92 Å². The molecule has 1 atom stereocenters. The average Bonchev–Trinajstić information content (AvgIpc) is 3.18. The lowest BCUT2D eigenvalue weighted by atomic mass is 9.94. The quantitative estimate of drug-likeness (QED) is 0.510. The number of sulfonamides is 1. The first kappa shape index (κ1) is 25.9. The highest BCUT2D eigenvalue weighted by molar-refractivity contribution is 7.93. The van der Waals surface area contributed by atoms with Gasteiger partial charge in [0.25, 0.3) is 0 Å². The fraction of sp³-hybridized carbons (Fsp3) is 0.536. The summed E-state index contributed by atoms with van der Waals surface area (Å²) >= 11 is 0. The molecular weight excluding hydrogens is 458 g/mol. The van der Waals surface area contributed by atoms with Crippen LogP contribution in [0.2, 0.25) is 0 Å². The summed E-state index contributed by atoms with van der Waals surface area (Å²) in [4.78, 5) is 17.3. The number of carbonyl (C=O) groups is 1. The van der Waals surface area contributed by atoms with Crippen LogP contribution in [-0.2, 0) is 14.8 Å². The van der Waals surface area contributed by atoms with Gasteiger partial charge in [-0.2, -0.15) is 0 Å². The van der Waals surface area contributed by atoms with E-state index < -0.39 is 10.0 Å². The molecule has 0 N–H and O–H groups in total. The van der Waals surface area contributed by atoms with Crippen molar-refractivity contribution in [2.24, 2.45) is 0 Å². The van der Waals surface area contributed by atoms with Gasteiger partial charge in [0.05, 0.1) is 4.91 Å². The summed E-state index contributed by atoms with van der Waals surface area (Å²) < 4.78 is 28.0. The summed E-state index contributed by atoms with van der Waals surface area (Å²) in [5.74, 6) is 0.445. The number of amides is 1. The van der Waals surface area contributed by atoms with Crippen molar-refractivity contribution in [2.45, 2.75) is 56.9 Å². The van der Waals surface area contributed by atoms with Crippen LogP contribution in [0.1, 0.15) is 56.4 Å². The Bertz CT molecular complexity index is 1040. The maximum atomic E-state index is 13.3. The van der Waals surface area contributed by atoms with E-state index >= 15 is 0 Å². The number of hydrogen-bond acceptors (Lipinski definition) is 4. The van der Waals surface area contributed by atoms with Gasteiger partial charge in [0.2, 0.25) is 15.9 Å². The molecule has 1 aromatic rings. The van der Waals surface area contributed by atoms with Gasteiger partial charge < -0.3 is 9.80 Å². The molecule has 3 aliphatic rings. The number of hydrogen-bond donors (Lipinski definition) is 0. The lowest BCUT2D eigenvalue weighted by molar-refractivity contribution is -0.136. The molecule has 190 valence electrons. The summed E-state index contributed by atoms with van der Waals surface area (Å²) in [7, 11) is -1.86. The number of rotatable bonds is 9. The third-order valence-corrected chi connectivity index (χ3v) is 9.40. The number of benzene rings is 1. The second-order valence-corrected chi connectivity index (χ2v) is 12.0. The molecule has 0 bridgehead atoms. The molecule has 1 amide bonds. The zero-order valence-electron chi connectivity index (χ0n) is 20.9. The summed E-state index contributed by atoms with van der Waals surface area (Å²) in [5.41, 5.74) is 1.17. The summed E-state index contributed by atoms with van der Waals surface area (Å²) in [6, 6.07) is 10.6. The minimum Gasteiger partial charge on any atom is -0.340 e. The van der Waals surface area contributed by atoms with Crippen LogP contribution < -0.4 is 0 Å². The smallest absolute Gasteiger partial charge is 0.242 e. The van der Waals surface area contributed by atoms with Crippen molar-refractivity contribution in [1.82, 2.24) is 14.1 Å². The van der Waals surface area contributed by atoms with E-state index in [4.69, 9.17) is 0 Å². The highest BCUT2D eigenvalue weighted by Gasteiger charge is 2.30. The van der Waals surface area contributed by atoms with Gasteiger partial charge in [-0.15, -0.1) is 0 Å². The zero-order valence-corrected chi connectivity index (χ0v) is 21.7. The van der Waals surface area contributed by atoms with Gasteiger partial charge in [-0.25, -0.2) is 12.7 Å². The fourth-order valence-electron chi connectivity index (χ4n) is 5.41. The van der Waals surface area contributed by atoms with E-state index in [1.165, 1.54) is 9.87 Å². The number of allylic oxidation sites excluding steroid dienone is 5. The molecule has 0 spiro atoms. The molecular formula is C28H39N3O3S. The Morgan fingerprint density at radius 2 is 1.83 bits per heavy atom. The maximum Gasteiger partial charge on any atom is 0.242 e. The third kappa shape index (κ3) is 6.72. The molecule has 2 aliphatic heterocycles. The molecule has 0 saturated carbocycles. The molecule has 4 rings (SSSR count). The monoisotopic (exact) mass is 497 g/mol. The lowest BCUT2D eigenvalue weighted by Gasteiger charge is -2.40. The molecule has 1 aliphatic carbocycles. The highest BCUT2D eigenvalue weighted by atomic mass is 32.2. The van der Waals surface area contributed by atoms with E-state index in [9.17, 15) is 13.2 Å². The van der Waals surface area contributed by atoms with Crippen molar-refractivity contribution in [1.29, 1.82) is 0 Å². The van der Waals surface area contributed by atoms with Crippen LogP contribution in [0, 0.1) is 0 Å². The Labute approximate surface area is 211 Å². The van der Waals surface area contributed by atoms with Gasteiger partial charge in [0.15, 0.2) is 0 Å². The number of likely N-dealkylation sites (tertiary alicyclic amines) is 2. The number of piperidine rings is 2. The molecule has 6 nitrogen and oxygen atoms in total. The fourth-order valence-corrected chi connectivity index (χ4v) is 6.67. The molecule has 2 fully saturated rings. The van der Waals surface area contributed by atoms with Gasteiger partial charge in [-0.05, 0) is 68.7 Å². The van der Waals surface area contributed by atoms with E-state index in [2.05, 4.69) is 21.9 Å². The van der Waals surface area contributed by atoms with E-state index in [0.717, 1.165) is 64.7 Å². The van der Waals surface area contributed by atoms with E-state index in [1.807, 2.05) is 36.4 Å². The Hall–Kier alpha value is -2.22. The first-order valence-corrected chi connectivity index (χ1v) is 14.5. The van der Waals surface area contributed by atoms with Crippen LogP contribution in [-0.4, -0.2) is 74.2 Å². The van der Waals surface area contributed by atoms with Gasteiger partial charge in [0, 0.05) is 45.7 Å². The topological polar surface area (TPSA) is 60.9 Å². The zero-order chi connectivity index (χ0) is 24.7.